The van der Waals surface area contributed by atoms with E-state index in [9.17, 15) is 14.5 Å². The summed E-state index contributed by atoms with van der Waals surface area (Å²) in [5, 5.41) is 19.8. The molecular weight excluding hydrogens is 215 g/mol. The van der Waals surface area contributed by atoms with Crippen molar-refractivity contribution in [1.82, 2.24) is 4.90 Å². The summed E-state index contributed by atoms with van der Waals surface area (Å²) >= 11 is 0. The molecule has 1 saturated heterocycles. The van der Waals surface area contributed by atoms with E-state index < -0.39 is 10.7 Å². The predicted octanol–water partition coefficient (Wildman–Crippen LogP) is 0.910. The van der Waals surface area contributed by atoms with E-state index in [-0.39, 0.29) is 11.8 Å². The van der Waals surface area contributed by atoms with Crippen molar-refractivity contribution in [3.8, 4) is 0 Å². The zero-order valence-corrected chi connectivity index (χ0v) is 8.47. The van der Waals surface area contributed by atoms with E-state index in [0.29, 0.717) is 25.2 Å². The van der Waals surface area contributed by atoms with Crippen LogP contribution in [0.1, 0.15) is 5.56 Å². The molecule has 1 N–H and O–H groups in total. The zero-order chi connectivity index (χ0) is 11.7. The molecule has 0 atom stereocenters. The van der Waals surface area contributed by atoms with Gasteiger partial charge in [0, 0.05) is 31.3 Å². The normalized spacial score (nSPS) is 17.1. The van der Waals surface area contributed by atoms with Crippen LogP contribution < -0.4 is 0 Å². The van der Waals surface area contributed by atoms with Crippen LogP contribution in [0.5, 0.6) is 0 Å². The molecule has 0 unspecified atom stereocenters. The van der Waals surface area contributed by atoms with Crippen molar-refractivity contribution in [2.45, 2.75) is 12.6 Å². The standard InChI is InChI=1S/C10H11FN2O3/c11-8-1-2-10(13(15)16)7(3-8)4-12-5-9(14)6-12/h1-3,9,14H,4-6H2. The number of hydrogen-bond donors (Lipinski definition) is 1. The number of β-amino-alcohol motifs (C(OH)–C–C–N with tert-alkyl or cyclic N) is 1. The topological polar surface area (TPSA) is 66.6 Å². The van der Waals surface area contributed by atoms with Gasteiger partial charge >= 0.3 is 0 Å². The number of aliphatic hydroxyl groups is 1. The van der Waals surface area contributed by atoms with Crippen molar-refractivity contribution in [3.63, 3.8) is 0 Å². The number of likely N-dealkylation sites (tertiary alicyclic amines) is 1. The van der Waals surface area contributed by atoms with E-state index >= 15 is 0 Å². The maximum atomic E-state index is 13.0. The summed E-state index contributed by atoms with van der Waals surface area (Å²) in [7, 11) is 0. The molecule has 86 valence electrons. The van der Waals surface area contributed by atoms with Gasteiger partial charge in [-0.2, -0.15) is 0 Å². The lowest BCUT2D eigenvalue weighted by atomic mass is 10.1. The Morgan fingerprint density at radius 3 is 2.81 bits per heavy atom. The molecule has 0 aliphatic carbocycles. The van der Waals surface area contributed by atoms with E-state index in [4.69, 9.17) is 5.11 Å². The second kappa shape index (κ2) is 4.15. The van der Waals surface area contributed by atoms with E-state index in [0.717, 1.165) is 6.07 Å². The Morgan fingerprint density at radius 2 is 2.25 bits per heavy atom. The number of rotatable bonds is 3. The number of nitrogens with zero attached hydrogens (tertiary/aromatic N) is 2. The van der Waals surface area contributed by atoms with Crippen LogP contribution >= 0.6 is 0 Å². The fourth-order valence-electron chi connectivity index (χ4n) is 1.77. The van der Waals surface area contributed by atoms with Crippen LogP contribution in [0.25, 0.3) is 0 Å². The van der Waals surface area contributed by atoms with Gasteiger partial charge in [-0.1, -0.05) is 0 Å². The third kappa shape index (κ3) is 2.17. The smallest absolute Gasteiger partial charge is 0.274 e. The molecule has 0 radical (unpaired) electrons. The monoisotopic (exact) mass is 226 g/mol. The Balaban J connectivity index is 2.17. The van der Waals surface area contributed by atoms with Crippen LogP contribution in [0.4, 0.5) is 10.1 Å². The molecule has 1 heterocycles. The fraction of sp³-hybridized carbons (Fsp3) is 0.400. The number of aliphatic hydroxyl groups excluding tert-OH is 1. The molecule has 0 amide bonds. The highest BCUT2D eigenvalue weighted by Crippen LogP contribution is 2.23. The molecule has 1 aromatic rings. The Morgan fingerprint density at radius 1 is 1.56 bits per heavy atom. The average molecular weight is 226 g/mol. The Hall–Kier alpha value is -1.53. The number of benzene rings is 1. The maximum absolute atomic E-state index is 13.0. The lowest BCUT2D eigenvalue weighted by Gasteiger charge is -2.35. The van der Waals surface area contributed by atoms with Crippen molar-refractivity contribution < 1.29 is 14.4 Å². The number of nitro groups is 1. The molecule has 16 heavy (non-hydrogen) atoms. The lowest BCUT2D eigenvalue weighted by Crippen LogP contribution is -2.49. The van der Waals surface area contributed by atoms with Gasteiger partial charge in [0.25, 0.3) is 5.69 Å². The lowest BCUT2D eigenvalue weighted by molar-refractivity contribution is -0.385. The van der Waals surface area contributed by atoms with Crippen molar-refractivity contribution in [3.05, 3.63) is 39.7 Å². The van der Waals surface area contributed by atoms with Crippen molar-refractivity contribution in [1.29, 1.82) is 0 Å². The average Bonchev–Trinajstić information content (AvgIpc) is 2.15. The van der Waals surface area contributed by atoms with E-state index in [2.05, 4.69) is 0 Å². The second-order valence-corrected chi connectivity index (χ2v) is 3.88. The third-order valence-corrected chi connectivity index (χ3v) is 2.57. The summed E-state index contributed by atoms with van der Waals surface area (Å²) in [6, 6.07) is 3.41. The second-order valence-electron chi connectivity index (χ2n) is 3.88. The van der Waals surface area contributed by atoms with Crippen LogP contribution in [-0.2, 0) is 6.54 Å². The first kappa shape index (κ1) is 11.0. The number of halogens is 1. The molecule has 5 nitrogen and oxygen atoms in total. The van der Waals surface area contributed by atoms with Gasteiger partial charge in [0.05, 0.1) is 11.0 Å². The molecule has 2 rings (SSSR count). The van der Waals surface area contributed by atoms with Crippen LogP contribution in [0.3, 0.4) is 0 Å². The highest BCUT2D eigenvalue weighted by Gasteiger charge is 2.26. The summed E-state index contributed by atoms with van der Waals surface area (Å²) in [6.45, 7) is 1.26. The van der Waals surface area contributed by atoms with E-state index in [1.165, 1.54) is 12.1 Å². The molecule has 1 aromatic carbocycles. The molecule has 6 heteroatoms. The van der Waals surface area contributed by atoms with Crippen molar-refractivity contribution >= 4 is 5.69 Å². The quantitative estimate of drug-likeness (QED) is 0.614. The van der Waals surface area contributed by atoms with Gasteiger partial charge < -0.3 is 5.11 Å². The molecule has 0 saturated carbocycles. The highest BCUT2D eigenvalue weighted by atomic mass is 19.1. The minimum Gasteiger partial charge on any atom is -0.390 e. The Labute approximate surface area is 91.3 Å². The molecule has 0 bridgehead atoms. The van der Waals surface area contributed by atoms with Gasteiger partial charge in [0.15, 0.2) is 0 Å². The minimum atomic E-state index is -0.523. The van der Waals surface area contributed by atoms with Gasteiger partial charge in [-0.3, -0.25) is 15.0 Å². The summed E-state index contributed by atoms with van der Waals surface area (Å²) in [6.07, 6.45) is -0.368. The minimum absolute atomic E-state index is 0.0808. The Kier molecular flexibility index (Phi) is 2.84. The van der Waals surface area contributed by atoms with Gasteiger partial charge in [-0.15, -0.1) is 0 Å². The first-order valence-electron chi connectivity index (χ1n) is 4.89. The van der Waals surface area contributed by atoms with Crippen LogP contribution in [0.2, 0.25) is 0 Å². The molecule has 1 aliphatic rings. The summed E-state index contributed by atoms with van der Waals surface area (Å²) in [5.74, 6) is -0.485. The van der Waals surface area contributed by atoms with E-state index in [1.54, 1.807) is 0 Å². The van der Waals surface area contributed by atoms with Gasteiger partial charge in [-0.25, -0.2) is 4.39 Å². The molecule has 0 aromatic heterocycles. The van der Waals surface area contributed by atoms with Crippen molar-refractivity contribution in [2.24, 2.45) is 0 Å². The highest BCUT2D eigenvalue weighted by molar-refractivity contribution is 5.40. The predicted molar refractivity (Wildman–Crippen MR) is 54.3 cm³/mol. The van der Waals surface area contributed by atoms with Crippen LogP contribution in [0.15, 0.2) is 18.2 Å². The van der Waals surface area contributed by atoms with Crippen LogP contribution in [-0.4, -0.2) is 34.1 Å². The first-order valence-corrected chi connectivity index (χ1v) is 4.89. The van der Waals surface area contributed by atoms with Crippen LogP contribution in [0, 0.1) is 15.9 Å². The fourth-order valence-corrected chi connectivity index (χ4v) is 1.77. The largest absolute Gasteiger partial charge is 0.390 e. The van der Waals surface area contributed by atoms with Gasteiger partial charge in [0.1, 0.15) is 5.82 Å². The molecule has 1 fully saturated rings. The number of nitro benzene ring substituents is 1. The van der Waals surface area contributed by atoms with Gasteiger partial charge in [-0.05, 0) is 12.1 Å². The molecule has 1 aliphatic heterocycles. The SMILES string of the molecule is O=[N+]([O-])c1ccc(F)cc1CN1CC(O)C1. The zero-order valence-electron chi connectivity index (χ0n) is 8.47. The summed E-state index contributed by atoms with van der Waals surface area (Å²) < 4.78 is 13.0. The molecule has 0 spiro atoms. The summed E-state index contributed by atoms with van der Waals surface area (Å²) in [4.78, 5) is 12.0. The van der Waals surface area contributed by atoms with Crippen molar-refractivity contribution in [2.75, 3.05) is 13.1 Å². The van der Waals surface area contributed by atoms with Gasteiger partial charge in [0.2, 0.25) is 0 Å². The summed E-state index contributed by atoms with van der Waals surface area (Å²) in [5.41, 5.74) is 0.264. The molecular formula is C10H11FN2O3. The first-order chi connectivity index (χ1) is 7.56. The third-order valence-electron chi connectivity index (χ3n) is 2.57. The number of hydrogen-bond acceptors (Lipinski definition) is 4. The van der Waals surface area contributed by atoms with E-state index in [1.807, 2.05) is 4.90 Å². The Bertz CT molecular complexity index is 419. The maximum Gasteiger partial charge on any atom is 0.274 e.